The molecule has 3 nitrogen and oxygen atoms in total. The number of anilines is 1. The maximum Gasteiger partial charge on any atom is 0.302 e. The van der Waals surface area contributed by atoms with Gasteiger partial charge in [-0.15, -0.1) is 0 Å². The summed E-state index contributed by atoms with van der Waals surface area (Å²) in [6, 6.07) is 2.00. The highest BCUT2D eigenvalue weighted by Crippen LogP contribution is 2.26. The lowest BCUT2D eigenvalue weighted by molar-refractivity contribution is -0.142. The summed E-state index contributed by atoms with van der Waals surface area (Å²) in [6.45, 7) is 5.62. The maximum absolute atomic E-state index is 10.7. The highest BCUT2D eigenvalue weighted by molar-refractivity contribution is 14.1. The second-order valence-corrected chi connectivity index (χ2v) is 4.63. The molecular weight excluding hydrogens is 305 g/mol. The van der Waals surface area contributed by atoms with Gasteiger partial charge in [0, 0.05) is 21.7 Å². The van der Waals surface area contributed by atoms with Gasteiger partial charge in [-0.05, 0) is 53.6 Å². The number of esters is 1. The number of rotatable bonds is 2. The van der Waals surface area contributed by atoms with E-state index < -0.39 is 0 Å². The summed E-state index contributed by atoms with van der Waals surface area (Å²) in [5.74, 6) is -0.274. The fourth-order valence-electron chi connectivity index (χ4n) is 1.34. The van der Waals surface area contributed by atoms with Crippen LogP contribution >= 0.6 is 22.6 Å². The molecule has 0 aromatic heterocycles. The Kier molecular flexibility index (Phi) is 3.96. The number of hydrogen-bond donors (Lipinski definition) is 1. The van der Waals surface area contributed by atoms with Gasteiger partial charge in [-0.2, -0.15) is 0 Å². The number of benzene rings is 1. The molecule has 1 aromatic rings. The first-order valence-corrected chi connectivity index (χ1v) is 5.68. The Morgan fingerprint density at radius 2 is 2.13 bits per heavy atom. The first kappa shape index (κ1) is 12.3. The van der Waals surface area contributed by atoms with Gasteiger partial charge in [0.2, 0.25) is 0 Å². The van der Waals surface area contributed by atoms with Crippen molar-refractivity contribution in [3.8, 4) is 0 Å². The summed E-state index contributed by atoms with van der Waals surface area (Å²) >= 11 is 2.23. The average Bonchev–Trinajstić information content (AvgIpc) is 2.14. The van der Waals surface area contributed by atoms with Crippen molar-refractivity contribution in [3.63, 3.8) is 0 Å². The number of hydrogen-bond acceptors (Lipinski definition) is 3. The van der Waals surface area contributed by atoms with Gasteiger partial charge in [0.05, 0.1) is 0 Å². The zero-order chi connectivity index (χ0) is 11.6. The standard InChI is InChI=1S/C11H14INO2/c1-6-4-10(12)9(5-15-8(3)14)7(2)11(6)13/h4H,5,13H2,1-3H3. The molecule has 0 heterocycles. The molecule has 82 valence electrons. The molecule has 0 fully saturated rings. The van der Waals surface area contributed by atoms with E-state index in [4.69, 9.17) is 10.5 Å². The second-order valence-electron chi connectivity index (χ2n) is 3.47. The van der Waals surface area contributed by atoms with E-state index in [2.05, 4.69) is 22.6 Å². The molecule has 4 heteroatoms. The molecule has 0 radical (unpaired) electrons. The third kappa shape index (κ3) is 2.84. The van der Waals surface area contributed by atoms with Gasteiger partial charge >= 0.3 is 5.97 Å². The van der Waals surface area contributed by atoms with Crippen molar-refractivity contribution in [2.45, 2.75) is 27.4 Å². The third-order valence-corrected chi connectivity index (χ3v) is 3.30. The lowest BCUT2D eigenvalue weighted by atomic mass is 10.0. The molecule has 0 atom stereocenters. The number of nitrogens with two attached hydrogens (primary N) is 1. The minimum Gasteiger partial charge on any atom is -0.461 e. The molecule has 2 N–H and O–H groups in total. The Balaban J connectivity index is 3.07. The summed E-state index contributed by atoms with van der Waals surface area (Å²) in [5, 5.41) is 0. The molecule has 0 aliphatic rings. The van der Waals surface area contributed by atoms with Crippen LogP contribution in [0.15, 0.2) is 6.07 Å². The van der Waals surface area contributed by atoms with Gasteiger partial charge in [0.25, 0.3) is 0 Å². The van der Waals surface area contributed by atoms with Gasteiger partial charge in [0.15, 0.2) is 0 Å². The van der Waals surface area contributed by atoms with Crippen LogP contribution in [0.25, 0.3) is 0 Å². The van der Waals surface area contributed by atoms with Crippen LogP contribution in [0.3, 0.4) is 0 Å². The van der Waals surface area contributed by atoms with Crippen LogP contribution in [-0.4, -0.2) is 5.97 Å². The second kappa shape index (κ2) is 4.83. The third-order valence-electron chi connectivity index (χ3n) is 2.33. The number of nitrogen functional groups attached to an aromatic ring is 1. The van der Waals surface area contributed by atoms with Crippen molar-refractivity contribution in [1.82, 2.24) is 0 Å². The van der Waals surface area contributed by atoms with Gasteiger partial charge < -0.3 is 10.5 Å². The van der Waals surface area contributed by atoms with Crippen molar-refractivity contribution in [1.29, 1.82) is 0 Å². The zero-order valence-corrected chi connectivity index (χ0v) is 11.2. The first-order chi connectivity index (χ1) is 6.93. The van der Waals surface area contributed by atoms with E-state index in [0.29, 0.717) is 6.61 Å². The lowest BCUT2D eigenvalue weighted by Crippen LogP contribution is -2.06. The van der Waals surface area contributed by atoms with Crippen molar-refractivity contribution in [2.75, 3.05) is 5.73 Å². The molecule has 15 heavy (non-hydrogen) atoms. The van der Waals surface area contributed by atoms with Crippen molar-refractivity contribution in [2.24, 2.45) is 0 Å². The minimum absolute atomic E-state index is 0.274. The minimum atomic E-state index is -0.274. The smallest absolute Gasteiger partial charge is 0.302 e. The molecule has 0 saturated heterocycles. The van der Waals surface area contributed by atoms with Gasteiger partial charge in [0.1, 0.15) is 6.61 Å². The highest BCUT2D eigenvalue weighted by Gasteiger charge is 2.10. The van der Waals surface area contributed by atoms with Crippen molar-refractivity contribution >= 4 is 34.2 Å². The van der Waals surface area contributed by atoms with Crippen LogP contribution in [-0.2, 0) is 16.1 Å². The quantitative estimate of drug-likeness (QED) is 0.518. The molecule has 0 aliphatic carbocycles. The van der Waals surface area contributed by atoms with Crippen LogP contribution in [0.2, 0.25) is 0 Å². The first-order valence-electron chi connectivity index (χ1n) is 4.61. The summed E-state index contributed by atoms with van der Waals surface area (Å²) in [6.07, 6.45) is 0. The van der Waals surface area contributed by atoms with E-state index >= 15 is 0 Å². The molecule has 0 bridgehead atoms. The number of carbonyl (C=O) groups excluding carboxylic acids is 1. The van der Waals surface area contributed by atoms with Gasteiger partial charge in [-0.1, -0.05) is 0 Å². The molecule has 0 spiro atoms. The fourth-order valence-corrected chi connectivity index (χ4v) is 2.37. The van der Waals surface area contributed by atoms with Gasteiger partial charge in [-0.3, -0.25) is 4.79 Å². The Morgan fingerprint density at radius 3 is 2.67 bits per heavy atom. The Morgan fingerprint density at radius 1 is 1.53 bits per heavy atom. The number of carbonyl (C=O) groups is 1. The van der Waals surface area contributed by atoms with E-state index in [9.17, 15) is 4.79 Å². The van der Waals surface area contributed by atoms with Crippen LogP contribution in [0.4, 0.5) is 5.69 Å². The molecule has 0 amide bonds. The Hall–Kier alpha value is -0.780. The maximum atomic E-state index is 10.7. The Bertz CT molecular complexity index is 402. The van der Waals surface area contributed by atoms with Crippen molar-refractivity contribution in [3.05, 3.63) is 26.3 Å². The highest BCUT2D eigenvalue weighted by atomic mass is 127. The number of aryl methyl sites for hydroxylation is 1. The van der Waals surface area contributed by atoms with Crippen LogP contribution in [0.5, 0.6) is 0 Å². The number of ether oxygens (including phenoxy) is 1. The Labute approximate surface area is 103 Å². The van der Waals surface area contributed by atoms with Crippen LogP contribution in [0, 0.1) is 17.4 Å². The SMILES string of the molecule is CC(=O)OCc1c(I)cc(C)c(N)c1C. The summed E-state index contributed by atoms with van der Waals surface area (Å²) in [4.78, 5) is 10.7. The van der Waals surface area contributed by atoms with E-state index in [1.165, 1.54) is 6.92 Å². The normalized spacial score (nSPS) is 10.1. The molecule has 1 aromatic carbocycles. The molecular formula is C11H14INO2. The topological polar surface area (TPSA) is 52.3 Å². The molecule has 0 aliphatic heterocycles. The molecule has 1 rings (SSSR count). The number of halogens is 1. The average molecular weight is 319 g/mol. The van der Waals surface area contributed by atoms with E-state index in [-0.39, 0.29) is 5.97 Å². The predicted molar refractivity (Wildman–Crippen MR) is 68.5 cm³/mol. The zero-order valence-electron chi connectivity index (χ0n) is 9.06. The van der Waals surface area contributed by atoms with Crippen molar-refractivity contribution < 1.29 is 9.53 Å². The summed E-state index contributed by atoms with van der Waals surface area (Å²) in [5.41, 5.74) is 9.74. The fraction of sp³-hybridized carbons (Fsp3) is 0.364. The summed E-state index contributed by atoms with van der Waals surface area (Å²) < 4.78 is 6.07. The van der Waals surface area contributed by atoms with Crippen LogP contribution in [0.1, 0.15) is 23.6 Å². The molecule has 0 saturated carbocycles. The van der Waals surface area contributed by atoms with Crippen LogP contribution < -0.4 is 5.73 Å². The largest absolute Gasteiger partial charge is 0.461 e. The van der Waals surface area contributed by atoms with E-state index in [0.717, 1.165) is 25.9 Å². The van der Waals surface area contributed by atoms with E-state index in [1.54, 1.807) is 0 Å². The monoisotopic (exact) mass is 319 g/mol. The van der Waals surface area contributed by atoms with Gasteiger partial charge in [-0.25, -0.2) is 0 Å². The van der Waals surface area contributed by atoms with E-state index in [1.807, 2.05) is 19.9 Å². The lowest BCUT2D eigenvalue weighted by Gasteiger charge is -2.13. The summed E-state index contributed by atoms with van der Waals surface area (Å²) in [7, 11) is 0. The predicted octanol–water partition coefficient (Wildman–Crippen LogP) is 2.55. The molecule has 0 unspecified atom stereocenters.